The molecule has 8 heteroatoms. The minimum Gasteiger partial charge on any atom is -0.340 e. The third-order valence-corrected chi connectivity index (χ3v) is 2.81. The van der Waals surface area contributed by atoms with Crippen LogP contribution in [0.2, 0.25) is 0 Å². The van der Waals surface area contributed by atoms with Crippen LogP contribution in [0, 0.1) is 0 Å². The van der Waals surface area contributed by atoms with Crippen molar-refractivity contribution in [3.8, 4) is 0 Å². The van der Waals surface area contributed by atoms with E-state index in [2.05, 4.69) is 15.3 Å². The largest absolute Gasteiger partial charge is 0.433 e. The zero-order valence-corrected chi connectivity index (χ0v) is 11.2. The van der Waals surface area contributed by atoms with Crippen molar-refractivity contribution in [2.24, 2.45) is 5.84 Å². The van der Waals surface area contributed by atoms with Gasteiger partial charge in [0.25, 0.3) is 0 Å². The number of benzene rings is 1. The number of para-hydroxylation sites is 1. The minimum atomic E-state index is -4.57. The van der Waals surface area contributed by atoms with E-state index in [1.807, 2.05) is 24.5 Å². The van der Waals surface area contributed by atoms with E-state index in [0.717, 1.165) is 18.1 Å². The molecule has 0 radical (unpaired) electrons. The van der Waals surface area contributed by atoms with E-state index < -0.39 is 11.9 Å². The van der Waals surface area contributed by atoms with Crippen molar-refractivity contribution in [3.63, 3.8) is 0 Å². The molecule has 4 N–H and O–H groups in total. The predicted octanol–water partition coefficient (Wildman–Crippen LogP) is 3.09. The number of aromatic nitrogens is 2. The molecule has 5 nitrogen and oxygen atoms in total. The first-order valence-electron chi connectivity index (χ1n) is 6.22. The molecule has 0 spiro atoms. The number of nitrogens with two attached hydrogens (primary N) is 1. The van der Waals surface area contributed by atoms with Crippen molar-refractivity contribution in [1.82, 2.24) is 9.97 Å². The molecule has 0 fully saturated rings. The summed E-state index contributed by atoms with van der Waals surface area (Å²) in [5.41, 5.74) is 2.62. The summed E-state index contributed by atoms with van der Waals surface area (Å²) in [7, 11) is 0. The van der Waals surface area contributed by atoms with E-state index in [1.54, 1.807) is 12.1 Å². The third kappa shape index (κ3) is 3.60. The highest BCUT2D eigenvalue weighted by molar-refractivity contribution is 5.61. The minimum absolute atomic E-state index is 0.0196. The normalized spacial score (nSPS) is 11.3. The van der Waals surface area contributed by atoms with Gasteiger partial charge < -0.3 is 5.32 Å². The zero-order chi connectivity index (χ0) is 15.5. The Hall–Kier alpha value is -2.35. The molecule has 1 heterocycles. The molecule has 2 rings (SSSR count). The molecule has 0 unspecified atom stereocenters. The Labute approximate surface area is 119 Å². The number of nitrogens with one attached hydrogen (secondary N) is 2. The Bertz CT molecular complexity index is 627. The van der Waals surface area contributed by atoms with Crippen LogP contribution >= 0.6 is 0 Å². The van der Waals surface area contributed by atoms with Crippen LogP contribution in [0.4, 0.5) is 30.6 Å². The smallest absolute Gasteiger partial charge is 0.340 e. The van der Waals surface area contributed by atoms with E-state index in [1.165, 1.54) is 0 Å². The summed E-state index contributed by atoms with van der Waals surface area (Å²) in [6.45, 7) is 1.95. The van der Waals surface area contributed by atoms with Crippen molar-refractivity contribution in [2.75, 3.05) is 10.7 Å². The second-order valence-corrected chi connectivity index (χ2v) is 4.24. The molecule has 0 amide bonds. The second kappa shape index (κ2) is 5.96. The lowest BCUT2D eigenvalue weighted by molar-refractivity contribution is -0.141. The van der Waals surface area contributed by atoms with Crippen LogP contribution in [-0.2, 0) is 12.6 Å². The fourth-order valence-corrected chi connectivity index (χ4v) is 1.81. The van der Waals surface area contributed by atoms with Crippen LogP contribution in [0.5, 0.6) is 0 Å². The molecule has 0 saturated carbocycles. The van der Waals surface area contributed by atoms with Crippen molar-refractivity contribution >= 4 is 17.5 Å². The van der Waals surface area contributed by atoms with Gasteiger partial charge in [0, 0.05) is 11.8 Å². The van der Waals surface area contributed by atoms with Crippen LogP contribution in [0.15, 0.2) is 30.3 Å². The lowest BCUT2D eigenvalue weighted by atomic mass is 10.1. The standard InChI is InChI=1S/C13H14F3N5/c1-2-8-5-3-4-6-9(8)18-11-7-10(13(14,15)16)19-12(20-11)21-17/h3-7H,2,17H2,1H3,(H2,18,19,20,21). The highest BCUT2D eigenvalue weighted by atomic mass is 19.4. The van der Waals surface area contributed by atoms with Gasteiger partial charge in [-0.05, 0) is 18.1 Å². The van der Waals surface area contributed by atoms with Crippen LogP contribution in [0.3, 0.4) is 0 Å². The van der Waals surface area contributed by atoms with Crippen LogP contribution in [0.1, 0.15) is 18.2 Å². The van der Waals surface area contributed by atoms with Gasteiger partial charge in [0.05, 0.1) is 0 Å². The summed E-state index contributed by atoms with van der Waals surface area (Å²) in [6.07, 6.45) is -3.84. The number of hydrazine groups is 1. The van der Waals surface area contributed by atoms with Gasteiger partial charge in [0.15, 0.2) is 5.69 Å². The van der Waals surface area contributed by atoms with Crippen LogP contribution in [0.25, 0.3) is 0 Å². The molecule has 2 aromatic rings. The SMILES string of the molecule is CCc1ccccc1Nc1cc(C(F)(F)F)nc(NN)n1. The number of halogens is 3. The van der Waals surface area contributed by atoms with E-state index >= 15 is 0 Å². The number of hydrogen-bond acceptors (Lipinski definition) is 5. The fourth-order valence-electron chi connectivity index (χ4n) is 1.81. The molecule has 1 aromatic carbocycles. The Morgan fingerprint density at radius 1 is 1.19 bits per heavy atom. The maximum Gasteiger partial charge on any atom is 0.433 e. The molecular weight excluding hydrogens is 283 g/mol. The highest BCUT2D eigenvalue weighted by Gasteiger charge is 2.33. The first-order valence-corrected chi connectivity index (χ1v) is 6.22. The van der Waals surface area contributed by atoms with E-state index in [-0.39, 0.29) is 11.8 Å². The van der Waals surface area contributed by atoms with Gasteiger partial charge in [-0.3, -0.25) is 5.43 Å². The maximum atomic E-state index is 12.8. The molecule has 112 valence electrons. The van der Waals surface area contributed by atoms with Crippen molar-refractivity contribution in [3.05, 3.63) is 41.6 Å². The summed E-state index contributed by atoms with van der Waals surface area (Å²) in [5.74, 6) is 4.83. The van der Waals surface area contributed by atoms with Gasteiger partial charge in [0.1, 0.15) is 5.82 Å². The molecule has 0 atom stereocenters. The van der Waals surface area contributed by atoms with Gasteiger partial charge >= 0.3 is 6.18 Å². The quantitative estimate of drug-likeness (QED) is 0.597. The van der Waals surface area contributed by atoms with Crippen LogP contribution < -0.4 is 16.6 Å². The van der Waals surface area contributed by atoms with Gasteiger partial charge in [-0.25, -0.2) is 10.8 Å². The molecule has 0 aliphatic heterocycles. The van der Waals surface area contributed by atoms with Crippen molar-refractivity contribution < 1.29 is 13.2 Å². The monoisotopic (exact) mass is 297 g/mol. The second-order valence-electron chi connectivity index (χ2n) is 4.24. The Morgan fingerprint density at radius 3 is 2.52 bits per heavy atom. The summed E-state index contributed by atoms with van der Waals surface area (Å²) in [5, 5.41) is 2.86. The van der Waals surface area contributed by atoms with Gasteiger partial charge in [-0.1, -0.05) is 25.1 Å². The van der Waals surface area contributed by atoms with Gasteiger partial charge in [0.2, 0.25) is 5.95 Å². The first-order chi connectivity index (χ1) is 9.94. The molecule has 1 aromatic heterocycles. The van der Waals surface area contributed by atoms with Gasteiger partial charge in [-0.2, -0.15) is 18.2 Å². The van der Waals surface area contributed by atoms with Crippen molar-refractivity contribution in [2.45, 2.75) is 19.5 Å². The van der Waals surface area contributed by atoms with E-state index in [9.17, 15) is 13.2 Å². The van der Waals surface area contributed by atoms with Crippen molar-refractivity contribution in [1.29, 1.82) is 0 Å². The van der Waals surface area contributed by atoms with Crippen LogP contribution in [-0.4, -0.2) is 9.97 Å². The third-order valence-electron chi connectivity index (χ3n) is 2.81. The average Bonchev–Trinajstić information content (AvgIpc) is 2.46. The number of alkyl halides is 3. The summed E-state index contributed by atoms with van der Waals surface area (Å²) in [6, 6.07) is 8.14. The summed E-state index contributed by atoms with van der Waals surface area (Å²) in [4.78, 5) is 7.17. The first kappa shape index (κ1) is 15.0. The zero-order valence-electron chi connectivity index (χ0n) is 11.2. The Kier molecular flexibility index (Phi) is 4.27. The molecule has 0 aliphatic rings. The Balaban J connectivity index is 2.39. The van der Waals surface area contributed by atoms with E-state index in [0.29, 0.717) is 5.69 Å². The highest BCUT2D eigenvalue weighted by Crippen LogP contribution is 2.30. The fraction of sp³-hybridized carbons (Fsp3) is 0.231. The number of nitrogens with zero attached hydrogens (tertiary/aromatic N) is 2. The lowest BCUT2D eigenvalue weighted by Crippen LogP contribution is -2.16. The number of hydrogen-bond donors (Lipinski definition) is 3. The number of nitrogen functional groups attached to an aromatic ring is 1. The predicted molar refractivity (Wildman–Crippen MR) is 73.9 cm³/mol. The number of anilines is 3. The summed E-state index contributed by atoms with van der Waals surface area (Å²) >= 11 is 0. The molecule has 0 saturated heterocycles. The Morgan fingerprint density at radius 2 is 1.90 bits per heavy atom. The summed E-state index contributed by atoms with van der Waals surface area (Å²) < 4.78 is 38.3. The maximum absolute atomic E-state index is 12.8. The number of aryl methyl sites for hydroxylation is 1. The lowest BCUT2D eigenvalue weighted by Gasteiger charge is -2.13. The van der Waals surface area contributed by atoms with Gasteiger partial charge in [-0.15, -0.1) is 0 Å². The molecular formula is C13H14F3N5. The average molecular weight is 297 g/mol. The number of rotatable bonds is 4. The molecule has 0 aliphatic carbocycles. The molecule has 0 bridgehead atoms. The topological polar surface area (TPSA) is 75.9 Å². The molecule has 21 heavy (non-hydrogen) atoms. The van der Waals surface area contributed by atoms with E-state index in [4.69, 9.17) is 5.84 Å².